The van der Waals surface area contributed by atoms with Gasteiger partial charge in [-0.3, -0.25) is 13.9 Å². The Morgan fingerprint density at radius 2 is 1.46 bits per heavy atom. The quantitative estimate of drug-likeness (QED) is 0.183. The number of halogens is 1. The Morgan fingerprint density at radius 3 is 2.08 bits per heavy atom. The topological polar surface area (TPSA) is 105 Å². The van der Waals surface area contributed by atoms with E-state index in [9.17, 15) is 22.4 Å². The molecular weight excluding hydrogens is 633 g/mol. The van der Waals surface area contributed by atoms with E-state index in [1.807, 2.05) is 30.3 Å². The van der Waals surface area contributed by atoms with Crippen LogP contribution in [0.1, 0.15) is 36.8 Å². The number of nitrogens with zero attached hydrogens (tertiary/aromatic N) is 2. The van der Waals surface area contributed by atoms with Crippen LogP contribution in [0.2, 0.25) is 0 Å². The van der Waals surface area contributed by atoms with E-state index in [0.717, 1.165) is 35.6 Å². The molecule has 4 aromatic carbocycles. The molecule has 0 radical (unpaired) electrons. The summed E-state index contributed by atoms with van der Waals surface area (Å²) in [4.78, 5) is 30.1. The van der Waals surface area contributed by atoms with Crippen molar-refractivity contribution >= 4 is 27.5 Å². The molecule has 1 fully saturated rings. The molecule has 0 heterocycles. The summed E-state index contributed by atoms with van der Waals surface area (Å²) in [6, 6.07) is 26.4. The Bertz CT molecular complexity index is 1780. The number of nitrogens with one attached hydrogen (secondary N) is 1. The zero-order valence-electron chi connectivity index (χ0n) is 27.0. The average Bonchev–Trinajstić information content (AvgIpc) is 3.63. The maximum absolute atomic E-state index is 14.6. The van der Waals surface area contributed by atoms with Crippen LogP contribution >= 0.6 is 0 Å². The molecule has 0 spiro atoms. The Labute approximate surface area is 281 Å². The highest BCUT2D eigenvalue weighted by atomic mass is 32.2. The number of hydrogen-bond donors (Lipinski definition) is 1. The minimum atomic E-state index is -4.29. The van der Waals surface area contributed by atoms with Crippen LogP contribution in [0.25, 0.3) is 0 Å². The Morgan fingerprint density at radius 1 is 0.833 bits per heavy atom. The van der Waals surface area contributed by atoms with Crippen molar-refractivity contribution in [3.05, 3.63) is 120 Å². The SMILES string of the molecule is COc1ccc(N(CC(=O)N(Cc2ccc(F)cc2)C(Cc2ccccc2)C(=O)NC2CCCC2)S(=O)(=O)c2ccccc2)cc1OC. The highest BCUT2D eigenvalue weighted by Gasteiger charge is 2.36. The van der Waals surface area contributed by atoms with Gasteiger partial charge in [-0.15, -0.1) is 0 Å². The highest BCUT2D eigenvalue weighted by Crippen LogP contribution is 2.34. The number of carbonyl (C=O) groups excluding carboxylic acids is 2. The Kier molecular flexibility index (Phi) is 11.3. The number of hydrogen-bond acceptors (Lipinski definition) is 6. The molecule has 11 heteroatoms. The van der Waals surface area contributed by atoms with Crippen LogP contribution < -0.4 is 19.1 Å². The summed E-state index contributed by atoms with van der Waals surface area (Å²) < 4.78 is 54.2. The summed E-state index contributed by atoms with van der Waals surface area (Å²) in [7, 11) is -1.39. The van der Waals surface area contributed by atoms with Crippen LogP contribution in [0.3, 0.4) is 0 Å². The predicted octanol–water partition coefficient (Wildman–Crippen LogP) is 5.74. The van der Waals surface area contributed by atoms with E-state index in [4.69, 9.17) is 9.47 Å². The van der Waals surface area contributed by atoms with Gasteiger partial charge < -0.3 is 19.7 Å². The maximum atomic E-state index is 14.6. The zero-order chi connectivity index (χ0) is 34.1. The summed E-state index contributed by atoms with van der Waals surface area (Å²) >= 11 is 0. The van der Waals surface area contributed by atoms with Gasteiger partial charge in [0.1, 0.15) is 18.4 Å². The molecule has 5 rings (SSSR count). The minimum absolute atomic E-state index is 0.0136. The van der Waals surface area contributed by atoms with Gasteiger partial charge in [0.2, 0.25) is 11.8 Å². The van der Waals surface area contributed by atoms with Crippen LogP contribution in [0.15, 0.2) is 108 Å². The molecule has 1 aliphatic carbocycles. The Balaban J connectivity index is 1.58. The molecule has 1 atom stereocenters. The van der Waals surface area contributed by atoms with Crippen molar-refractivity contribution in [3.63, 3.8) is 0 Å². The molecule has 48 heavy (non-hydrogen) atoms. The lowest BCUT2D eigenvalue weighted by Crippen LogP contribution is -2.54. The van der Waals surface area contributed by atoms with Gasteiger partial charge in [-0.2, -0.15) is 0 Å². The zero-order valence-corrected chi connectivity index (χ0v) is 27.9. The van der Waals surface area contributed by atoms with Crippen LogP contribution in [0, 0.1) is 5.82 Å². The fourth-order valence-electron chi connectivity index (χ4n) is 5.94. The Hall–Kier alpha value is -4.90. The van der Waals surface area contributed by atoms with E-state index in [-0.39, 0.29) is 41.2 Å². The normalized spacial score (nSPS) is 13.8. The number of benzene rings is 4. The predicted molar refractivity (Wildman–Crippen MR) is 182 cm³/mol. The first-order valence-corrected chi connectivity index (χ1v) is 17.3. The molecule has 0 saturated heterocycles. The van der Waals surface area contributed by atoms with Gasteiger partial charge in [0, 0.05) is 25.1 Å². The number of rotatable bonds is 14. The van der Waals surface area contributed by atoms with Gasteiger partial charge in [0.05, 0.1) is 24.8 Å². The van der Waals surface area contributed by atoms with Gasteiger partial charge in [-0.1, -0.05) is 73.5 Å². The lowest BCUT2D eigenvalue weighted by molar-refractivity contribution is -0.140. The number of amides is 2. The lowest BCUT2D eigenvalue weighted by atomic mass is 10.0. The van der Waals surface area contributed by atoms with Gasteiger partial charge in [0.25, 0.3) is 10.0 Å². The number of carbonyl (C=O) groups is 2. The third-order valence-corrected chi connectivity index (χ3v) is 10.3. The second-order valence-corrected chi connectivity index (χ2v) is 13.6. The fraction of sp³-hybridized carbons (Fsp3) is 0.297. The molecular formula is C37H40FN3O6S. The summed E-state index contributed by atoms with van der Waals surface area (Å²) in [6.45, 7) is -0.685. The van der Waals surface area contributed by atoms with Crippen molar-refractivity contribution in [1.29, 1.82) is 0 Å². The standard InChI is InChI=1S/C37H40FN3O6S/c1-46-34-22-21-31(24-35(34)47-2)41(48(44,45)32-15-7-4-8-16-32)26-36(42)40(25-28-17-19-29(38)20-18-28)33(23-27-11-5-3-6-12-27)37(43)39-30-13-9-10-14-30/h3-8,11-12,15-22,24,30,33H,9-10,13-14,23,25-26H2,1-2H3,(H,39,43). The minimum Gasteiger partial charge on any atom is -0.493 e. The molecule has 1 saturated carbocycles. The second-order valence-electron chi connectivity index (χ2n) is 11.7. The first-order chi connectivity index (χ1) is 23.2. The van der Waals surface area contributed by atoms with Crippen molar-refractivity contribution in [2.45, 2.75) is 55.6 Å². The second kappa shape index (κ2) is 15.8. The van der Waals surface area contributed by atoms with E-state index in [1.54, 1.807) is 36.4 Å². The van der Waals surface area contributed by atoms with Crippen molar-refractivity contribution < 1.29 is 31.9 Å². The van der Waals surface area contributed by atoms with E-state index in [0.29, 0.717) is 11.3 Å². The number of methoxy groups -OCH3 is 2. The lowest BCUT2D eigenvalue weighted by Gasteiger charge is -2.34. The number of ether oxygens (including phenoxy) is 2. The van der Waals surface area contributed by atoms with Gasteiger partial charge in [0.15, 0.2) is 11.5 Å². The molecule has 2 amide bonds. The van der Waals surface area contributed by atoms with Crippen LogP contribution in [-0.4, -0.2) is 58.0 Å². The molecule has 0 aromatic heterocycles. The van der Waals surface area contributed by atoms with Crippen molar-refractivity contribution in [2.24, 2.45) is 0 Å². The van der Waals surface area contributed by atoms with Gasteiger partial charge in [-0.05, 0) is 60.4 Å². The van der Waals surface area contributed by atoms with Crippen molar-refractivity contribution in [3.8, 4) is 11.5 Å². The third-order valence-electron chi connectivity index (χ3n) is 8.50. The van der Waals surface area contributed by atoms with Crippen LogP contribution in [-0.2, 0) is 32.6 Å². The molecule has 4 aromatic rings. The molecule has 9 nitrogen and oxygen atoms in total. The number of anilines is 1. The summed E-state index contributed by atoms with van der Waals surface area (Å²) in [5, 5.41) is 3.14. The van der Waals surface area contributed by atoms with E-state index in [2.05, 4.69) is 5.32 Å². The number of sulfonamides is 1. The molecule has 0 bridgehead atoms. The smallest absolute Gasteiger partial charge is 0.264 e. The van der Waals surface area contributed by atoms with Gasteiger partial charge in [-0.25, -0.2) is 12.8 Å². The van der Waals surface area contributed by atoms with Crippen molar-refractivity contribution in [1.82, 2.24) is 10.2 Å². The summed E-state index contributed by atoms with van der Waals surface area (Å²) in [5.74, 6) is -0.725. The van der Waals surface area contributed by atoms with E-state index in [1.165, 1.54) is 55.5 Å². The summed E-state index contributed by atoms with van der Waals surface area (Å²) in [5.41, 5.74) is 1.58. The molecule has 0 aliphatic heterocycles. The monoisotopic (exact) mass is 673 g/mol. The first-order valence-electron chi connectivity index (χ1n) is 15.9. The van der Waals surface area contributed by atoms with E-state index >= 15 is 0 Å². The van der Waals surface area contributed by atoms with Crippen LogP contribution in [0.5, 0.6) is 11.5 Å². The first kappa shape index (κ1) is 34.4. The summed E-state index contributed by atoms with van der Waals surface area (Å²) in [6.07, 6.45) is 3.89. The highest BCUT2D eigenvalue weighted by molar-refractivity contribution is 7.92. The third kappa shape index (κ3) is 8.32. The van der Waals surface area contributed by atoms with E-state index < -0.39 is 34.3 Å². The molecule has 252 valence electrons. The largest absolute Gasteiger partial charge is 0.493 e. The molecule has 1 N–H and O–H groups in total. The van der Waals surface area contributed by atoms with Gasteiger partial charge >= 0.3 is 0 Å². The maximum Gasteiger partial charge on any atom is 0.264 e. The van der Waals surface area contributed by atoms with Crippen LogP contribution in [0.4, 0.5) is 10.1 Å². The molecule has 1 aliphatic rings. The fourth-order valence-corrected chi connectivity index (χ4v) is 7.36. The average molecular weight is 674 g/mol. The van der Waals surface area contributed by atoms with Crippen molar-refractivity contribution in [2.75, 3.05) is 25.1 Å². The molecule has 1 unspecified atom stereocenters.